The van der Waals surface area contributed by atoms with Crippen LogP contribution in [0.1, 0.15) is 16.6 Å². The largest absolute Gasteiger partial charge is 0.368 e. The number of benzene rings is 1. The molecule has 146 valence electrons. The summed E-state index contributed by atoms with van der Waals surface area (Å²) >= 11 is 6.89. The molecule has 0 spiro atoms. The molecule has 0 radical (unpaired) electrons. The van der Waals surface area contributed by atoms with E-state index in [4.69, 9.17) is 11.6 Å². The van der Waals surface area contributed by atoms with Gasteiger partial charge in [-0.05, 0) is 42.7 Å². The fraction of sp³-hybridized carbons (Fsp3) is 0.333. The summed E-state index contributed by atoms with van der Waals surface area (Å²) < 4.78 is 5.19. The maximum atomic E-state index is 13.0. The smallest absolute Gasteiger partial charge is 0.328 e. The van der Waals surface area contributed by atoms with E-state index in [1.54, 1.807) is 11.8 Å². The molecule has 0 atom stereocenters. The second-order valence-corrected chi connectivity index (χ2v) is 7.68. The zero-order chi connectivity index (χ0) is 19.8. The Labute approximate surface area is 169 Å². The first-order valence-corrected chi connectivity index (χ1v) is 10.1. The van der Waals surface area contributed by atoms with E-state index in [0.29, 0.717) is 36.1 Å². The van der Waals surface area contributed by atoms with E-state index in [-0.39, 0.29) is 23.5 Å². The molecule has 28 heavy (non-hydrogen) atoms. The van der Waals surface area contributed by atoms with Crippen molar-refractivity contribution in [1.82, 2.24) is 18.8 Å². The number of H-pyrrole nitrogens is 1. The van der Waals surface area contributed by atoms with Crippen molar-refractivity contribution >= 4 is 45.8 Å². The average molecular weight is 420 g/mol. The van der Waals surface area contributed by atoms with Gasteiger partial charge in [-0.2, -0.15) is 4.37 Å². The minimum Gasteiger partial charge on any atom is -0.368 e. The Morgan fingerprint density at radius 2 is 1.86 bits per heavy atom. The molecule has 1 amide bonds. The molecule has 0 aliphatic carbocycles. The van der Waals surface area contributed by atoms with Crippen LogP contribution in [0.15, 0.2) is 33.9 Å². The molecule has 1 aliphatic rings. The first kappa shape index (κ1) is 18.7. The van der Waals surface area contributed by atoms with Crippen LogP contribution in [0.3, 0.4) is 0 Å². The van der Waals surface area contributed by atoms with Crippen molar-refractivity contribution in [3.05, 3.63) is 55.0 Å². The molecule has 2 aromatic heterocycles. The van der Waals surface area contributed by atoms with Crippen molar-refractivity contribution in [2.45, 2.75) is 13.5 Å². The Kier molecular flexibility index (Phi) is 4.94. The number of nitrogens with one attached hydrogen (secondary N) is 1. The number of rotatable bonds is 3. The average Bonchev–Trinajstić information content (AvgIpc) is 3.12. The lowest BCUT2D eigenvalue weighted by molar-refractivity contribution is 0.0753. The molecular formula is C18H18ClN5O3S. The summed E-state index contributed by atoms with van der Waals surface area (Å²) in [6, 6.07) is 7.61. The van der Waals surface area contributed by atoms with Gasteiger partial charge in [0.1, 0.15) is 4.88 Å². The van der Waals surface area contributed by atoms with E-state index in [0.717, 1.165) is 21.8 Å². The molecule has 1 aromatic carbocycles. The van der Waals surface area contributed by atoms with Crippen LogP contribution in [0.4, 0.5) is 5.69 Å². The lowest BCUT2D eigenvalue weighted by Gasteiger charge is -2.35. The number of aromatic nitrogens is 3. The van der Waals surface area contributed by atoms with Crippen LogP contribution in [0.25, 0.3) is 11.0 Å². The number of hydrogen-bond acceptors (Lipinski definition) is 6. The van der Waals surface area contributed by atoms with Gasteiger partial charge < -0.3 is 14.8 Å². The zero-order valence-electron chi connectivity index (χ0n) is 15.1. The third kappa shape index (κ3) is 3.20. The van der Waals surface area contributed by atoms with Gasteiger partial charge in [-0.3, -0.25) is 14.2 Å². The van der Waals surface area contributed by atoms with Crippen molar-refractivity contribution in [1.29, 1.82) is 0 Å². The van der Waals surface area contributed by atoms with Gasteiger partial charge in [-0.1, -0.05) is 11.6 Å². The number of nitrogens with zero attached hydrogens (tertiary/aromatic N) is 4. The molecule has 3 heterocycles. The number of aromatic amines is 1. The fourth-order valence-electron chi connectivity index (χ4n) is 3.34. The predicted molar refractivity (Wildman–Crippen MR) is 110 cm³/mol. The van der Waals surface area contributed by atoms with Crippen molar-refractivity contribution < 1.29 is 4.79 Å². The zero-order valence-corrected chi connectivity index (χ0v) is 16.7. The third-order valence-electron chi connectivity index (χ3n) is 4.89. The maximum absolute atomic E-state index is 13.0. The van der Waals surface area contributed by atoms with E-state index in [1.807, 2.05) is 24.3 Å². The lowest BCUT2D eigenvalue weighted by Crippen LogP contribution is -2.48. The molecular weight excluding hydrogens is 402 g/mol. The van der Waals surface area contributed by atoms with Gasteiger partial charge in [-0.15, -0.1) is 0 Å². The second kappa shape index (κ2) is 7.40. The van der Waals surface area contributed by atoms with Gasteiger partial charge in [0.05, 0.1) is 5.52 Å². The van der Waals surface area contributed by atoms with Crippen LogP contribution in [-0.2, 0) is 6.54 Å². The molecule has 0 unspecified atom stereocenters. The van der Waals surface area contributed by atoms with Gasteiger partial charge in [-0.25, -0.2) is 4.79 Å². The van der Waals surface area contributed by atoms with Gasteiger partial charge >= 0.3 is 5.69 Å². The van der Waals surface area contributed by atoms with Crippen LogP contribution < -0.4 is 16.1 Å². The van der Waals surface area contributed by atoms with Crippen LogP contribution in [0, 0.1) is 0 Å². The minimum absolute atomic E-state index is 0.134. The Morgan fingerprint density at radius 1 is 1.18 bits per heavy atom. The number of anilines is 1. The number of fused-ring (bicyclic) bond motifs is 1. The quantitative estimate of drug-likeness (QED) is 0.698. The number of hydrogen-bond donors (Lipinski definition) is 1. The molecule has 0 bridgehead atoms. The highest BCUT2D eigenvalue weighted by atomic mass is 35.5. The van der Waals surface area contributed by atoms with Gasteiger partial charge in [0.15, 0.2) is 5.52 Å². The van der Waals surface area contributed by atoms with Gasteiger partial charge in [0.25, 0.3) is 11.5 Å². The number of piperazine rings is 1. The van der Waals surface area contributed by atoms with Crippen molar-refractivity contribution in [2.24, 2.45) is 0 Å². The Bertz CT molecular complexity index is 1140. The monoisotopic (exact) mass is 419 g/mol. The summed E-state index contributed by atoms with van der Waals surface area (Å²) in [4.78, 5) is 44.3. The lowest BCUT2D eigenvalue weighted by atomic mass is 10.2. The van der Waals surface area contributed by atoms with Crippen LogP contribution in [-0.4, -0.2) is 50.9 Å². The minimum atomic E-state index is -0.526. The molecule has 0 saturated carbocycles. The standard InChI is InChI=1S/C18H18ClN5O3S/c1-2-24-16(25)14-13(20-18(24)27)15(28-21-14)17(26)23-9-7-22(8-10-23)12-5-3-11(19)4-6-12/h3-6H,2,7-10H2,1H3,(H,20,27). The van der Waals surface area contributed by atoms with Crippen molar-refractivity contribution in [3.8, 4) is 0 Å². The number of halogens is 1. The highest BCUT2D eigenvalue weighted by Gasteiger charge is 2.26. The predicted octanol–water partition coefficient (Wildman–Crippen LogP) is 1.78. The van der Waals surface area contributed by atoms with Crippen LogP contribution in [0.5, 0.6) is 0 Å². The molecule has 1 saturated heterocycles. The van der Waals surface area contributed by atoms with Crippen LogP contribution >= 0.6 is 23.1 Å². The van der Waals surface area contributed by atoms with E-state index in [2.05, 4.69) is 14.3 Å². The molecule has 10 heteroatoms. The van der Waals surface area contributed by atoms with E-state index in [9.17, 15) is 14.4 Å². The first-order valence-electron chi connectivity index (χ1n) is 8.92. The van der Waals surface area contributed by atoms with E-state index >= 15 is 0 Å². The molecule has 4 rings (SSSR count). The van der Waals surface area contributed by atoms with Gasteiger partial charge in [0, 0.05) is 43.4 Å². The van der Waals surface area contributed by atoms with Gasteiger partial charge in [0.2, 0.25) is 0 Å². The summed E-state index contributed by atoms with van der Waals surface area (Å²) in [6.07, 6.45) is 0. The summed E-state index contributed by atoms with van der Waals surface area (Å²) in [5.74, 6) is -0.215. The third-order valence-corrected chi connectivity index (χ3v) is 5.97. The number of amides is 1. The Morgan fingerprint density at radius 3 is 2.50 bits per heavy atom. The summed E-state index contributed by atoms with van der Waals surface area (Å²) in [5.41, 5.74) is 0.430. The second-order valence-electron chi connectivity index (χ2n) is 6.47. The van der Waals surface area contributed by atoms with E-state index in [1.165, 1.54) is 0 Å². The summed E-state index contributed by atoms with van der Waals surface area (Å²) in [5, 5.41) is 0.686. The molecule has 8 nitrogen and oxygen atoms in total. The summed E-state index contributed by atoms with van der Waals surface area (Å²) in [6.45, 7) is 4.40. The number of carbonyl (C=O) groups is 1. The van der Waals surface area contributed by atoms with E-state index < -0.39 is 11.2 Å². The Hall–Kier alpha value is -2.65. The number of carbonyl (C=O) groups excluding carboxylic acids is 1. The highest BCUT2D eigenvalue weighted by Crippen LogP contribution is 2.22. The Balaban J connectivity index is 1.55. The summed E-state index contributed by atoms with van der Waals surface area (Å²) in [7, 11) is 0. The fourth-order valence-corrected chi connectivity index (χ4v) is 4.27. The molecule has 1 N–H and O–H groups in total. The topological polar surface area (TPSA) is 91.3 Å². The first-order chi connectivity index (χ1) is 13.5. The molecule has 1 fully saturated rings. The van der Waals surface area contributed by atoms with Crippen LogP contribution in [0.2, 0.25) is 5.02 Å². The molecule has 1 aliphatic heterocycles. The normalized spacial score (nSPS) is 14.6. The molecule has 3 aromatic rings. The maximum Gasteiger partial charge on any atom is 0.328 e. The van der Waals surface area contributed by atoms with Crippen molar-refractivity contribution in [2.75, 3.05) is 31.1 Å². The highest BCUT2D eigenvalue weighted by molar-refractivity contribution is 7.09. The van der Waals surface area contributed by atoms with Crippen molar-refractivity contribution in [3.63, 3.8) is 0 Å². The SMILES string of the molecule is CCn1c(=O)[nH]c2c(C(=O)N3CCN(c4ccc(Cl)cc4)CC3)snc2c1=O.